The molecule has 0 spiro atoms. The van der Waals surface area contributed by atoms with Crippen molar-refractivity contribution in [2.75, 3.05) is 6.54 Å². The van der Waals surface area contributed by atoms with Crippen molar-refractivity contribution in [1.29, 1.82) is 0 Å². The van der Waals surface area contributed by atoms with Crippen LogP contribution in [0, 0.1) is 0 Å². The van der Waals surface area contributed by atoms with Crippen LogP contribution in [-0.2, 0) is 6.54 Å². The van der Waals surface area contributed by atoms with Crippen molar-refractivity contribution in [1.82, 2.24) is 15.1 Å². The third kappa shape index (κ3) is 3.45. The first-order valence-electron chi connectivity index (χ1n) is 6.67. The normalized spacial score (nSPS) is 11.2. The van der Waals surface area contributed by atoms with Crippen LogP contribution in [0.3, 0.4) is 0 Å². The first-order chi connectivity index (χ1) is 9.11. The zero-order valence-electron chi connectivity index (χ0n) is 11.7. The maximum atomic E-state index is 4.59. The van der Waals surface area contributed by atoms with Gasteiger partial charge < -0.3 is 5.32 Å². The molecule has 0 atom stereocenters. The van der Waals surface area contributed by atoms with Crippen LogP contribution in [-0.4, -0.2) is 16.3 Å². The largest absolute Gasteiger partial charge is 0.313 e. The third-order valence-corrected chi connectivity index (χ3v) is 3.81. The summed E-state index contributed by atoms with van der Waals surface area (Å²) >= 11 is 3.63. The number of hydrogen-bond acceptors (Lipinski definition) is 2. The topological polar surface area (TPSA) is 29.9 Å². The molecule has 1 aromatic carbocycles. The lowest BCUT2D eigenvalue weighted by Crippen LogP contribution is -2.12. The van der Waals surface area contributed by atoms with E-state index in [1.165, 1.54) is 5.56 Å². The molecule has 0 bridgehead atoms. The van der Waals surface area contributed by atoms with Crippen LogP contribution in [0.5, 0.6) is 0 Å². The van der Waals surface area contributed by atoms with Crippen LogP contribution >= 0.6 is 15.9 Å². The van der Waals surface area contributed by atoms with Crippen molar-refractivity contribution in [2.45, 2.75) is 33.2 Å². The summed E-state index contributed by atoms with van der Waals surface area (Å²) in [6, 6.07) is 8.43. The van der Waals surface area contributed by atoms with Gasteiger partial charge in [-0.25, -0.2) is 4.68 Å². The maximum absolute atomic E-state index is 4.59. The molecule has 1 aromatic heterocycles. The zero-order valence-corrected chi connectivity index (χ0v) is 13.2. The van der Waals surface area contributed by atoms with Crippen LogP contribution in [0.1, 0.15) is 37.9 Å². The summed E-state index contributed by atoms with van der Waals surface area (Å²) in [5, 5.41) is 7.92. The number of nitrogens with one attached hydrogen (secondary N) is 1. The molecule has 2 aromatic rings. The highest BCUT2D eigenvalue weighted by Crippen LogP contribution is 2.21. The monoisotopic (exact) mass is 321 g/mol. The van der Waals surface area contributed by atoms with Gasteiger partial charge in [0.15, 0.2) is 0 Å². The number of rotatable bonds is 5. The van der Waals surface area contributed by atoms with Crippen LogP contribution in [0.4, 0.5) is 0 Å². The highest BCUT2D eigenvalue weighted by Gasteiger charge is 2.06. The molecule has 19 heavy (non-hydrogen) atoms. The molecule has 0 aliphatic rings. The fourth-order valence-corrected chi connectivity index (χ4v) is 2.38. The van der Waals surface area contributed by atoms with E-state index in [0.29, 0.717) is 5.92 Å². The summed E-state index contributed by atoms with van der Waals surface area (Å²) in [5.74, 6) is 0.456. The molecule has 0 amide bonds. The molecule has 1 heterocycles. The Kier molecular flexibility index (Phi) is 4.77. The van der Waals surface area contributed by atoms with E-state index in [4.69, 9.17) is 0 Å². The van der Waals surface area contributed by atoms with Gasteiger partial charge in [0.2, 0.25) is 0 Å². The molecule has 0 fully saturated rings. The lowest BCUT2D eigenvalue weighted by Gasteiger charge is -2.08. The number of benzene rings is 1. The van der Waals surface area contributed by atoms with Gasteiger partial charge in [0, 0.05) is 17.2 Å². The average molecular weight is 322 g/mol. The Bertz CT molecular complexity index is 546. The van der Waals surface area contributed by atoms with Crippen LogP contribution in [0.2, 0.25) is 0 Å². The number of aromatic nitrogens is 2. The molecule has 0 radical (unpaired) electrons. The first-order valence-corrected chi connectivity index (χ1v) is 7.46. The first kappa shape index (κ1) is 14.3. The molecule has 0 saturated carbocycles. The third-order valence-electron chi connectivity index (χ3n) is 3.07. The summed E-state index contributed by atoms with van der Waals surface area (Å²) in [6.45, 7) is 8.28. The molecule has 3 nitrogen and oxygen atoms in total. The highest BCUT2D eigenvalue weighted by atomic mass is 79.9. The van der Waals surface area contributed by atoms with Crippen molar-refractivity contribution in [2.24, 2.45) is 0 Å². The van der Waals surface area contributed by atoms with Crippen molar-refractivity contribution in [3.8, 4) is 5.69 Å². The van der Waals surface area contributed by atoms with Gasteiger partial charge in [-0.1, -0.05) is 42.8 Å². The second-order valence-corrected chi connectivity index (χ2v) is 5.75. The van der Waals surface area contributed by atoms with Gasteiger partial charge in [0.25, 0.3) is 0 Å². The lowest BCUT2D eigenvalue weighted by molar-refractivity contribution is 0.723. The minimum Gasteiger partial charge on any atom is -0.313 e. The van der Waals surface area contributed by atoms with Gasteiger partial charge in [-0.3, -0.25) is 0 Å². The minimum absolute atomic E-state index is 0.456. The lowest BCUT2D eigenvalue weighted by atomic mass is 10.1. The van der Waals surface area contributed by atoms with Crippen LogP contribution in [0.25, 0.3) is 5.69 Å². The highest BCUT2D eigenvalue weighted by molar-refractivity contribution is 9.10. The second kappa shape index (κ2) is 6.35. The quantitative estimate of drug-likeness (QED) is 0.906. The SMILES string of the molecule is CCNCc1ccc(-n2ccc(C(C)C)n2)cc1Br. The van der Waals surface area contributed by atoms with E-state index in [2.05, 4.69) is 71.4 Å². The Morgan fingerprint density at radius 2 is 2.11 bits per heavy atom. The average Bonchev–Trinajstić information content (AvgIpc) is 2.87. The van der Waals surface area contributed by atoms with E-state index in [-0.39, 0.29) is 0 Å². The summed E-state index contributed by atoms with van der Waals surface area (Å²) < 4.78 is 3.05. The standard InChI is InChI=1S/C15H20BrN3/c1-4-17-10-12-5-6-13(9-14(12)16)19-8-7-15(18-19)11(2)3/h5-9,11,17H,4,10H2,1-3H3. The molecule has 4 heteroatoms. The van der Waals surface area contributed by atoms with Crippen molar-refractivity contribution < 1.29 is 0 Å². The van der Waals surface area contributed by atoms with Gasteiger partial charge in [0.1, 0.15) is 0 Å². The van der Waals surface area contributed by atoms with Crippen LogP contribution < -0.4 is 5.32 Å². The summed E-state index contributed by atoms with van der Waals surface area (Å²) in [4.78, 5) is 0. The summed E-state index contributed by atoms with van der Waals surface area (Å²) in [6.07, 6.45) is 2.01. The number of nitrogens with zero attached hydrogens (tertiary/aromatic N) is 2. The molecule has 1 N–H and O–H groups in total. The molecule has 102 valence electrons. The Morgan fingerprint density at radius 3 is 2.68 bits per heavy atom. The molecule has 0 aliphatic carbocycles. The van der Waals surface area contributed by atoms with E-state index in [0.717, 1.165) is 28.9 Å². The van der Waals surface area contributed by atoms with E-state index in [1.807, 2.05) is 10.9 Å². The van der Waals surface area contributed by atoms with Gasteiger partial charge >= 0.3 is 0 Å². The molecule has 0 aliphatic heterocycles. The van der Waals surface area contributed by atoms with Gasteiger partial charge in [-0.15, -0.1) is 0 Å². The summed E-state index contributed by atoms with van der Waals surface area (Å²) in [5.41, 5.74) is 3.47. The zero-order chi connectivity index (χ0) is 13.8. The molecule has 0 unspecified atom stereocenters. The number of halogens is 1. The van der Waals surface area contributed by atoms with Gasteiger partial charge in [-0.05, 0) is 36.2 Å². The minimum atomic E-state index is 0.456. The van der Waals surface area contributed by atoms with E-state index in [1.54, 1.807) is 0 Å². The Labute approximate surface area is 123 Å². The van der Waals surface area contributed by atoms with E-state index >= 15 is 0 Å². The Hall–Kier alpha value is -1.13. The van der Waals surface area contributed by atoms with Crippen molar-refractivity contribution >= 4 is 15.9 Å². The Morgan fingerprint density at radius 1 is 1.32 bits per heavy atom. The number of hydrogen-bond donors (Lipinski definition) is 1. The Balaban J connectivity index is 2.23. The fourth-order valence-electron chi connectivity index (χ4n) is 1.87. The fraction of sp³-hybridized carbons (Fsp3) is 0.400. The predicted octanol–water partition coefficient (Wildman–Crippen LogP) is 3.87. The van der Waals surface area contributed by atoms with Crippen molar-refractivity contribution in [3.63, 3.8) is 0 Å². The maximum Gasteiger partial charge on any atom is 0.0657 e. The van der Waals surface area contributed by atoms with Crippen molar-refractivity contribution in [3.05, 3.63) is 46.2 Å². The summed E-state index contributed by atoms with van der Waals surface area (Å²) in [7, 11) is 0. The smallest absolute Gasteiger partial charge is 0.0657 e. The molecule has 2 rings (SSSR count). The van der Waals surface area contributed by atoms with E-state index in [9.17, 15) is 0 Å². The molecular formula is C15H20BrN3. The van der Waals surface area contributed by atoms with Gasteiger partial charge in [0.05, 0.1) is 11.4 Å². The molecular weight excluding hydrogens is 302 g/mol. The molecule has 0 saturated heterocycles. The second-order valence-electron chi connectivity index (χ2n) is 4.90. The van der Waals surface area contributed by atoms with Crippen LogP contribution in [0.15, 0.2) is 34.9 Å². The predicted molar refractivity (Wildman–Crippen MR) is 82.7 cm³/mol. The van der Waals surface area contributed by atoms with Gasteiger partial charge in [-0.2, -0.15) is 5.10 Å². The van der Waals surface area contributed by atoms with E-state index < -0.39 is 0 Å².